The first-order valence-corrected chi connectivity index (χ1v) is 15.9. The zero-order valence-electron chi connectivity index (χ0n) is 18.3. The lowest BCUT2D eigenvalue weighted by molar-refractivity contribution is -0.114. The van der Waals surface area contributed by atoms with Gasteiger partial charge in [0.05, 0.1) is 10.7 Å². The van der Waals surface area contributed by atoms with Gasteiger partial charge in [-0.15, -0.1) is 0 Å². The summed E-state index contributed by atoms with van der Waals surface area (Å²) in [5.41, 5.74) is 1.30. The predicted octanol–water partition coefficient (Wildman–Crippen LogP) is 6.57. The highest BCUT2D eigenvalue weighted by atomic mass is 127. The Balaban J connectivity index is 1.87. The summed E-state index contributed by atoms with van der Waals surface area (Å²) >= 11 is 6.01. The maximum atomic E-state index is 13.3. The van der Waals surface area contributed by atoms with E-state index < -0.39 is 6.89 Å². The number of carbonyl (C=O) groups excluding carboxylic acids is 2. The van der Waals surface area contributed by atoms with Crippen molar-refractivity contribution in [2.75, 3.05) is 0 Å². The van der Waals surface area contributed by atoms with Gasteiger partial charge in [0.15, 0.2) is 0 Å². The molecule has 2 aliphatic rings. The molecule has 35 heavy (non-hydrogen) atoms. The molecule has 2 nitrogen and oxygen atoms in total. The molecule has 0 amide bonds. The van der Waals surface area contributed by atoms with Crippen LogP contribution in [0.3, 0.4) is 0 Å². The van der Waals surface area contributed by atoms with Crippen LogP contribution < -0.4 is 15.9 Å². The Labute approximate surface area is 245 Å². The number of rotatable bonds is 4. The van der Waals surface area contributed by atoms with Crippen LogP contribution in [0.4, 0.5) is 0 Å². The van der Waals surface area contributed by atoms with Gasteiger partial charge in [0.2, 0.25) is 11.6 Å². The van der Waals surface area contributed by atoms with Gasteiger partial charge in [-0.2, -0.15) is 0 Å². The minimum Gasteiger partial charge on any atom is -0.288 e. The van der Waals surface area contributed by atoms with Crippen molar-refractivity contribution in [3.8, 4) is 0 Å². The van der Waals surface area contributed by atoms with Crippen molar-refractivity contribution in [1.82, 2.24) is 0 Å². The molecule has 0 radical (unpaired) electrons. The van der Waals surface area contributed by atoms with Gasteiger partial charge in [-0.25, -0.2) is 0 Å². The van der Waals surface area contributed by atoms with E-state index in [0.717, 1.165) is 10.9 Å². The third kappa shape index (κ3) is 4.32. The van der Waals surface area contributed by atoms with E-state index >= 15 is 0 Å². The number of allylic oxidation sites excluding steroid dienone is 8. The smallest absolute Gasteiger partial charge is 0.207 e. The molecule has 6 heteroatoms. The Hall–Kier alpha value is -1.55. The number of hydrogen-bond acceptors (Lipinski definition) is 2. The Morgan fingerprint density at radius 3 is 1.40 bits per heavy atom. The second-order valence-electron chi connectivity index (χ2n) is 8.01. The summed E-state index contributed by atoms with van der Waals surface area (Å²) in [4.78, 5) is 26.1. The van der Waals surface area contributed by atoms with Gasteiger partial charge in [-0.05, 0) is 108 Å². The minimum atomic E-state index is -2.25. The van der Waals surface area contributed by atoms with Crippen molar-refractivity contribution < 1.29 is 9.59 Å². The zero-order chi connectivity index (χ0) is 24.6. The average molecular weight is 810 g/mol. The first kappa shape index (κ1) is 25.1. The standard InChI is InChI=1S/C29H18I3O2P/c30-25-24(28(33)26(31)27(32)29(25)34)19-16-17-23(18-19)35(20-10-4-1-5-11-20,21-12-6-2-7-13-21)22-14-8-3-9-15-22/h1-18H. The van der Waals surface area contributed by atoms with Crippen molar-refractivity contribution >= 4 is 107 Å². The second kappa shape index (κ2) is 10.4. The normalized spacial score (nSPS) is 16.3. The number of carbonyl (C=O) groups is 2. The second-order valence-corrected chi connectivity index (χ2v) is 14.7. The molecular formula is C29H18I3O2P. The first-order chi connectivity index (χ1) is 17.0. The quantitative estimate of drug-likeness (QED) is 0.170. The van der Waals surface area contributed by atoms with Crippen molar-refractivity contribution in [1.29, 1.82) is 0 Å². The number of ketones is 2. The highest BCUT2D eigenvalue weighted by Gasteiger charge is 2.35. The topological polar surface area (TPSA) is 34.1 Å². The maximum absolute atomic E-state index is 13.3. The molecule has 2 aliphatic carbocycles. The third-order valence-corrected chi connectivity index (χ3v) is 14.5. The summed E-state index contributed by atoms with van der Waals surface area (Å²) in [7, 11) is 0. The molecule has 3 aromatic carbocycles. The van der Waals surface area contributed by atoms with Crippen molar-refractivity contribution in [3.63, 3.8) is 0 Å². The Bertz CT molecular complexity index is 1430. The lowest BCUT2D eigenvalue weighted by Crippen LogP contribution is -2.29. The summed E-state index contributed by atoms with van der Waals surface area (Å²) < 4.78 is 1.46. The van der Waals surface area contributed by atoms with E-state index in [1.807, 2.05) is 92.0 Å². The largest absolute Gasteiger partial charge is 0.288 e. The molecule has 0 fully saturated rings. The number of Topliss-reactive ketones (excluding diaryl/α,β-unsaturated/α-hetero) is 2. The maximum Gasteiger partial charge on any atom is 0.207 e. The molecule has 0 heterocycles. The van der Waals surface area contributed by atoms with Crippen molar-refractivity contribution in [2.45, 2.75) is 0 Å². The summed E-state index contributed by atoms with van der Waals surface area (Å²) in [6, 6.07) is 31.9. The van der Waals surface area contributed by atoms with Crippen LogP contribution in [0.15, 0.2) is 131 Å². The molecule has 0 spiro atoms. The summed E-state index contributed by atoms with van der Waals surface area (Å²) in [5, 5.41) is 4.89. The van der Waals surface area contributed by atoms with Gasteiger partial charge in [-0.3, -0.25) is 9.59 Å². The van der Waals surface area contributed by atoms with Crippen LogP contribution in [0, 0.1) is 0 Å². The molecule has 172 valence electrons. The van der Waals surface area contributed by atoms with Crippen LogP contribution in [0.1, 0.15) is 0 Å². The van der Waals surface area contributed by atoms with Crippen LogP contribution in [-0.4, -0.2) is 16.9 Å². The van der Waals surface area contributed by atoms with Gasteiger partial charge in [0, 0.05) is 5.57 Å². The molecule has 0 N–H and O–H groups in total. The fourth-order valence-corrected chi connectivity index (χ4v) is 11.2. The Morgan fingerprint density at radius 2 is 0.943 bits per heavy atom. The van der Waals surface area contributed by atoms with E-state index in [1.54, 1.807) is 0 Å². The van der Waals surface area contributed by atoms with Crippen LogP contribution in [0.2, 0.25) is 0 Å². The van der Waals surface area contributed by atoms with Gasteiger partial charge in [-0.1, -0.05) is 103 Å². The number of hydrogen-bond donors (Lipinski definition) is 0. The Morgan fingerprint density at radius 1 is 0.514 bits per heavy atom. The molecule has 0 unspecified atom stereocenters. The Kier molecular flexibility index (Phi) is 7.49. The average Bonchev–Trinajstić information content (AvgIpc) is 3.39. The van der Waals surface area contributed by atoms with Gasteiger partial charge in [0.25, 0.3) is 0 Å². The van der Waals surface area contributed by atoms with Crippen LogP contribution in [0.25, 0.3) is 0 Å². The molecular weight excluding hydrogens is 792 g/mol. The van der Waals surface area contributed by atoms with E-state index in [9.17, 15) is 9.59 Å². The highest BCUT2D eigenvalue weighted by molar-refractivity contribution is 14.1. The summed E-state index contributed by atoms with van der Waals surface area (Å²) in [6.07, 6.45) is 6.27. The molecule has 5 rings (SSSR count). The zero-order valence-corrected chi connectivity index (χ0v) is 25.7. The number of benzene rings is 3. The van der Waals surface area contributed by atoms with Crippen LogP contribution in [0.5, 0.6) is 0 Å². The molecule has 0 saturated heterocycles. The van der Waals surface area contributed by atoms with E-state index in [4.69, 9.17) is 0 Å². The van der Waals surface area contributed by atoms with Gasteiger partial charge < -0.3 is 0 Å². The van der Waals surface area contributed by atoms with E-state index in [1.165, 1.54) is 15.9 Å². The number of halogens is 3. The SMILES string of the molecule is O=C1C(I)=C(I)C(=O)C(C2=CC(=P(c3ccccc3)(c3ccccc3)c3ccccc3)C=C2)=C1I. The molecule has 0 aromatic heterocycles. The monoisotopic (exact) mass is 810 g/mol. The van der Waals surface area contributed by atoms with Crippen molar-refractivity contribution in [2.24, 2.45) is 0 Å². The summed E-state index contributed by atoms with van der Waals surface area (Å²) in [5.74, 6) is -0.164. The van der Waals surface area contributed by atoms with Gasteiger partial charge >= 0.3 is 0 Å². The summed E-state index contributed by atoms with van der Waals surface area (Å²) in [6.45, 7) is -2.25. The highest BCUT2D eigenvalue weighted by Crippen LogP contribution is 2.49. The van der Waals surface area contributed by atoms with E-state index in [0.29, 0.717) is 16.3 Å². The van der Waals surface area contributed by atoms with Crippen LogP contribution in [-0.2, 0) is 9.59 Å². The molecule has 0 bridgehead atoms. The lowest BCUT2D eigenvalue weighted by Gasteiger charge is -2.30. The fourth-order valence-electron chi connectivity index (χ4n) is 4.52. The predicted molar refractivity (Wildman–Crippen MR) is 174 cm³/mol. The van der Waals surface area contributed by atoms with E-state index in [2.05, 4.69) is 84.9 Å². The third-order valence-electron chi connectivity index (χ3n) is 6.08. The molecule has 0 saturated carbocycles. The molecule has 3 aromatic rings. The molecule has 0 atom stereocenters. The first-order valence-electron chi connectivity index (χ1n) is 10.8. The minimum absolute atomic E-state index is 0.0804. The van der Waals surface area contributed by atoms with Crippen molar-refractivity contribution in [3.05, 3.63) is 131 Å². The molecule has 0 aliphatic heterocycles. The lowest BCUT2D eigenvalue weighted by atomic mass is 9.97. The van der Waals surface area contributed by atoms with Crippen LogP contribution >= 0.6 is 74.7 Å². The van der Waals surface area contributed by atoms with E-state index in [-0.39, 0.29) is 11.6 Å². The fraction of sp³-hybridized carbons (Fsp3) is 0. The van der Waals surface area contributed by atoms with Gasteiger partial charge in [0.1, 0.15) is 0 Å².